The maximum absolute atomic E-state index is 12.3. The van der Waals surface area contributed by atoms with E-state index in [0.717, 1.165) is 11.3 Å². The smallest absolute Gasteiger partial charge is 0.317 e. The highest BCUT2D eigenvalue weighted by molar-refractivity contribution is 5.76. The fraction of sp³-hybridized carbons (Fsp3) is 0.476. The van der Waals surface area contributed by atoms with E-state index in [9.17, 15) is 9.59 Å². The number of carbonyl (C=O) groups excluding carboxylic acids is 2. The molecule has 1 aliphatic heterocycles. The number of carbonyl (C=O) groups is 2. The van der Waals surface area contributed by atoms with Crippen molar-refractivity contribution in [2.24, 2.45) is 5.92 Å². The summed E-state index contributed by atoms with van der Waals surface area (Å²) in [5.41, 5.74) is 2.92. The van der Waals surface area contributed by atoms with Crippen LogP contribution in [0.1, 0.15) is 31.0 Å². The SMILES string of the molecule is CCOC(=O)C1CCN(C(=O)NCCc2coc(-c3ccc(C)cc3)n2)CC1. The lowest BCUT2D eigenvalue weighted by Crippen LogP contribution is -2.46. The van der Waals surface area contributed by atoms with Gasteiger partial charge in [0, 0.05) is 31.6 Å². The number of oxazole rings is 1. The molecule has 1 N–H and O–H groups in total. The maximum atomic E-state index is 12.3. The number of aromatic nitrogens is 1. The number of hydrogen-bond donors (Lipinski definition) is 1. The predicted molar refractivity (Wildman–Crippen MR) is 105 cm³/mol. The monoisotopic (exact) mass is 385 g/mol. The van der Waals surface area contributed by atoms with E-state index in [0.29, 0.717) is 51.4 Å². The van der Waals surface area contributed by atoms with Gasteiger partial charge in [-0.2, -0.15) is 0 Å². The number of nitrogens with one attached hydrogen (secondary N) is 1. The van der Waals surface area contributed by atoms with Gasteiger partial charge in [0.25, 0.3) is 0 Å². The summed E-state index contributed by atoms with van der Waals surface area (Å²) in [6, 6.07) is 7.89. The fourth-order valence-electron chi connectivity index (χ4n) is 3.24. The van der Waals surface area contributed by atoms with Crippen LogP contribution >= 0.6 is 0 Å². The average Bonchev–Trinajstić information content (AvgIpc) is 3.17. The van der Waals surface area contributed by atoms with E-state index in [1.807, 2.05) is 31.2 Å². The number of benzene rings is 1. The van der Waals surface area contributed by atoms with Gasteiger partial charge in [0.15, 0.2) is 0 Å². The van der Waals surface area contributed by atoms with Crippen molar-refractivity contribution >= 4 is 12.0 Å². The molecule has 0 spiro atoms. The molecule has 2 amide bonds. The third-order valence-electron chi connectivity index (χ3n) is 4.91. The highest BCUT2D eigenvalue weighted by Gasteiger charge is 2.28. The third kappa shape index (κ3) is 5.12. The van der Waals surface area contributed by atoms with Gasteiger partial charge in [-0.15, -0.1) is 0 Å². The van der Waals surface area contributed by atoms with E-state index in [4.69, 9.17) is 9.15 Å². The van der Waals surface area contributed by atoms with Crippen molar-refractivity contribution in [2.45, 2.75) is 33.1 Å². The van der Waals surface area contributed by atoms with Crippen molar-refractivity contribution in [1.29, 1.82) is 0 Å². The molecule has 1 aromatic heterocycles. The van der Waals surface area contributed by atoms with E-state index < -0.39 is 0 Å². The number of likely N-dealkylation sites (tertiary alicyclic amines) is 1. The molecule has 7 nitrogen and oxygen atoms in total. The zero-order valence-corrected chi connectivity index (χ0v) is 16.4. The highest BCUT2D eigenvalue weighted by Crippen LogP contribution is 2.20. The third-order valence-corrected chi connectivity index (χ3v) is 4.91. The van der Waals surface area contributed by atoms with E-state index >= 15 is 0 Å². The lowest BCUT2D eigenvalue weighted by molar-refractivity contribution is -0.149. The predicted octanol–water partition coefficient (Wildman–Crippen LogP) is 3.18. The average molecular weight is 385 g/mol. The lowest BCUT2D eigenvalue weighted by Gasteiger charge is -2.30. The molecule has 0 radical (unpaired) electrons. The Balaban J connectivity index is 1.41. The fourth-order valence-corrected chi connectivity index (χ4v) is 3.24. The number of ether oxygens (including phenoxy) is 1. The first-order valence-electron chi connectivity index (χ1n) is 9.77. The number of nitrogens with zero attached hydrogens (tertiary/aromatic N) is 2. The van der Waals surface area contributed by atoms with E-state index in [1.54, 1.807) is 18.1 Å². The summed E-state index contributed by atoms with van der Waals surface area (Å²) in [4.78, 5) is 30.3. The quantitative estimate of drug-likeness (QED) is 0.772. The van der Waals surface area contributed by atoms with Crippen molar-refractivity contribution in [3.8, 4) is 11.5 Å². The van der Waals surface area contributed by atoms with Gasteiger partial charge in [0.05, 0.1) is 18.2 Å². The summed E-state index contributed by atoms with van der Waals surface area (Å²) in [7, 11) is 0. The van der Waals surface area contributed by atoms with Crippen molar-refractivity contribution in [3.05, 3.63) is 41.8 Å². The summed E-state index contributed by atoms with van der Waals surface area (Å²) in [6.45, 7) is 5.85. The second kappa shape index (κ2) is 9.39. The van der Waals surface area contributed by atoms with Crippen LogP contribution in [-0.2, 0) is 16.0 Å². The molecule has 150 valence electrons. The van der Waals surface area contributed by atoms with Crippen molar-refractivity contribution < 1.29 is 18.7 Å². The second-order valence-corrected chi connectivity index (χ2v) is 7.01. The summed E-state index contributed by atoms with van der Waals surface area (Å²) in [5.74, 6) is 0.333. The molecule has 0 unspecified atom stereocenters. The van der Waals surface area contributed by atoms with Gasteiger partial charge < -0.3 is 19.4 Å². The Kier molecular flexibility index (Phi) is 6.68. The van der Waals surface area contributed by atoms with Crippen molar-refractivity contribution in [3.63, 3.8) is 0 Å². The minimum absolute atomic E-state index is 0.0978. The van der Waals surface area contributed by atoms with E-state index in [2.05, 4.69) is 10.3 Å². The largest absolute Gasteiger partial charge is 0.466 e. The molecule has 0 saturated carbocycles. The van der Waals surface area contributed by atoms with Crippen LogP contribution in [0.5, 0.6) is 0 Å². The summed E-state index contributed by atoms with van der Waals surface area (Å²) < 4.78 is 10.6. The topological polar surface area (TPSA) is 84.7 Å². The van der Waals surface area contributed by atoms with Crippen LogP contribution in [0.25, 0.3) is 11.5 Å². The van der Waals surface area contributed by atoms with Gasteiger partial charge in [-0.1, -0.05) is 17.7 Å². The zero-order valence-electron chi connectivity index (χ0n) is 16.4. The number of amides is 2. The summed E-state index contributed by atoms with van der Waals surface area (Å²) >= 11 is 0. The van der Waals surface area contributed by atoms with Crippen LogP contribution < -0.4 is 5.32 Å². The zero-order chi connectivity index (χ0) is 19.9. The lowest BCUT2D eigenvalue weighted by atomic mass is 9.97. The second-order valence-electron chi connectivity index (χ2n) is 7.01. The number of aryl methyl sites for hydroxylation is 1. The number of rotatable bonds is 6. The number of esters is 1. The number of piperidine rings is 1. The van der Waals surface area contributed by atoms with Crippen LogP contribution in [0.2, 0.25) is 0 Å². The Hall–Kier alpha value is -2.83. The van der Waals surface area contributed by atoms with Crippen LogP contribution in [0.15, 0.2) is 34.9 Å². The van der Waals surface area contributed by atoms with Gasteiger partial charge in [-0.25, -0.2) is 9.78 Å². The molecule has 1 fully saturated rings. The van der Waals surface area contributed by atoms with Gasteiger partial charge in [-0.05, 0) is 38.8 Å². The molecule has 1 aliphatic rings. The normalized spacial score (nSPS) is 14.7. The van der Waals surface area contributed by atoms with E-state index in [1.165, 1.54) is 5.56 Å². The Morgan fingerprint density at radius 3 is 2.64 bits per heavy atom. The van der Waals surface area contributed by atoms with Crippen LogP contribution in [0.4, 0.5) is 4.79 Å². The maximum Gasteiger partial charge on any atom is 0.317 e. The molecule has 0 bridgehead atoms. The first kappa shape index (κ1) is 19.9. The Morgan fingerprint density at radius 2 is 1.96 bits per heavy atom. The van der Waals surface area contributed by atoms with Crippen LogP contribution in [0.3, 0.4) is 0 Å². The minimum Gasteiger partial charge on any atom is -0.466 e. The summed E-state index contributed by atoms with van der Waals surface area (Å²) in [6.07, 6.45) is 3.53. The molecule has 0 atom stereocenters. The molecule has 2 heterocycles. The van der Waals surface area contributed by atoms with Crippen molar-refractivity contribution in [1.82, 2.24) is 15.2 Å². The molecule has 2 aromatic rings. The van der Waals surface area contributed by atoms with Gasteiger partial charge in [0.2, 0.25) is 5.89 Å². The van der Waals surface area contributed by atoms with E-state index in [-0.39, 0.29) is 17.9 Å². The van der Waals surface area contributed by atoms with Crippen LogP contribution in [0, 0.1) is 12.8 Å². The van der Waals surface area contributed by atoms with Crippen LogP contribution in [-0.4, -0.2) is 48.1 Å². The molecule has 1 aromatic carbocycles. The van der Waals surface area contributed by atoms with Gasteiger partial charge in [-0.3, -0.25) is 4.79 Å². The molecular formula is C21H27N3O4. The molecule has 0 aliphatic carbocycles. The molecule has 1 saturated heterocycles. The Bertz CT molecular complexity index is 792. The van der Waals surface area contributed by atoms with Gasteiger partial charge in [0.1, 0.15) is 6.26 Å². The molecule has 7 heteroatoms. The highest BCUT2D eigenvalue weighted by atomic mass is 16.5. The van der Waals surface area contributed by atoms with Crippen molar-refractivity contribution in [2.75, 3.05) is 26.2 Å². The first-order valence-corrected chi connectivity index (χ1v) is 9.77. The molecular weight excluding hydrogens is 358 g/mol. The summed E-state index contributed by atoms with van der Waals surface area (Å²) in [5, 5.41) is 2.92. The standard InChI is InChI=1S/C21H27N3O4/c1-3-27-20(25)17-9-12-24(13-10-17)21(26)22-11-8-18-14-28-19(23-18)16-6-4-15(2)5-7-16/h4-7,14,17H,3,8-13H2,1-2H3,(H,22,26). The Morgan fingerprint density at radius 1 is 1.25 bits per heavy atom. The Labute approximate surface area is 165 Å². The van der Waals surface area contributed by atoms with Gasteiger partial charge >= 0.3 is 12.0 Å². The molecule has 28 heavy (non-hydrogen) atoms. The first-order chi connectivity index (χ1) is 13.6. The minimum atomic E-state index is -0.155. The number of hydrogen-bond acceptors (Lipinski definition) is 5. The molecule has 3 rings (SSSR count). The number of urea groups is 1.